The van der Waals surface area contributed by atoms with E-state index in [0.717, 1.165) is 35.1 Å². The lowest BCUT2D eigenvalue weighted by Crippen LogP contribution is -2.22. The van der Waals surface area contributed by atoms with Crippen LogP contribution in [0.5, 0.6) is 0 Å². The van der Waals surface area contributed by atoms with Gasteiger partial charge >= 0.3 is 0 Å². The smallest absolute Gasteiger partial charge is 0.188 e. The predicted octanol–water partition coefficient (Wildman–Crippen LogP) is 2.31. The van der Waals surface area contributed by atoms with Gasteiger partial charge in [0, 0.05) is 23.2 Å². The number of rotatable bonds is 5. The zero-order chi connectivity index (χ0) is 11.3. The van der Waals surface area contributed by atoms with Gasteiger partial charge in [0.25, 0.3) is 0 Å². The molecule has 4 heteroatoms. The average molecular weight is 225 g/mol. The molecule has 0 bridgehead atoms. The molecule has 1 aromatic heterocycles. The van der Waals surface area contributed by atoms with Crippen LogP contribution < -0.4 is 5.73 Å². The molecule has 0 aliphatic carbocycles. The lowest BCUT2D eigenvalue weighted by Gasteiger charge is -2.09. The largest absolute Gasteiger partial charge is 0.327 e. The number of nitrogens with zero attached hydrogens (tertiary/aromatic N) is 2. The van der Waals surface area contributed by atoms with Crippen LogP contribution in [0.15, 0.2) is 11.2 Å². The fraction of sp³-hybridized carbons (Fsp3) is 0.636. The second-order valence-electron chi connectivity index (χ2n) is 3.79. The summed E-state index contributed by atoms with van der Waals surface area (Å²) in [6.45, 7) is 6.13. The second kappa shape index (κ2) is 6.08. The highest BCUT2D eigenvalue weighted by Gasteiger charge is 2.05. The monoisotopic (exact) mass is 225 g/mol. The van der Waals surface area contributed by atoms with Crippen molar-refractivity contribution in [3.63, 3.8) is 0 Å². The number of hydrogen-bond acceptors (Lipinski definition) is 4. The van der Waals surface area contributed by atoms with Crippen molar-refractivity contribution in [2.24, 2.45) is 5.73 Å². The van der Waals surface area contributed by atoms with Crippen molar-refractivity contribution in [3.05, 3.63) is 17.5 Å². The summed E-state index contributed by atoms with van der Waals surface area (Å²) >= 11 is 1.65. The third kappa shape index (κ3) is 4.62. The van der Waals surface area contributed by atoms with Crippen LogP contribution >= 0.6 is 11.8 Å². The van der Waals surface area contributed by atoms with E-state index in [1.807, 2.05) is 19.9 Å². The molecule has 3 nitrogen and oxygen atoms in total. The molecule has 1 unspecified atom stereocenters. The maximum Gasteiger partial charge on any atom is 0.188 e. The minimum absolute atomic E-state index is 0.254. The molecule has 0 amide bonds. The van der Waals surface area contributed by atoms with Gasteiger partial charge in [0.1, 0.15) is 0 Å². The van der Waals surface area contributed by atoms with Gasteiger partial charge in [0.05, 0.1) is 0 Å². The molecule has 15 heavy (non-hydrogen) atoms. The number of nitrogens with two attached hydrogens (primary N) is 1. The van der Waals surface area contributed by atoms with Crippen LogP contribution in [0.4, 0.5) is 0 Å². The van der Waals surface area contributed by atoms with Crippen LogP contribution in [-0.4, -0.2) is 21.8 Å². The van der Waals surface area contributed by atoms with E-state index < -0.39 is 0 Å². The van der Waals surface area contributed by atoms with Crippen LogP contribution in [0.2, 0.25) is 0 Å². The highest BCUT2D eigenvalue weighted by molar-refractivity contribution is 7.99. The van der Waals surface area contributed by atoms with Crippen LogP contribution in [0.25, 0.3) is 0 Å². The summed E-state index contributed by atoms with van der Waals surface area (Å²) in [5, 5.41) is 0.846. The summed E-state index contributed by atoms with van der Waals surface area (Å²) in [6, 6.07) is 2.24. The normalized spacial score (nSPS) is 12.8. The van der Waals surface area contributed by atoms with E-state index in [2.05, 4.69) is 16.9 Å². The molecule has 0 spiro atoms. The van der Waals surface area contributed by atoms with E-state index in [0.29, 0.717) is 0 Å². The highest BCUT2D eigenvalue weighted by atomic mass is 32.2. The Morgan fingerprint density at radius 3 is 2.47 bits per heavy atom. The van der Waals surface area contributed by atoms with E-state index in [-0.39, 0.29) is 6.04 Å². The molecule has 0 aliphatic rings. The zero-order valence-corrected chi connectivity index (χ0v) is 10.5. The van der Waals surface area contributed by atoms with Crippen LogP contribution in [-0.2, 0) is 0 Å². The lowest BCUT2D eigenvalue weighted by molar-refractivity contribution is 0.659. The third-order valence-electron chi connectivity index (χ3n) is 2.05. The predicted molar refractivity (Wildman–Crippen MR) is 65.1 cm³/mol. The Bertz CT molecular complexity index is 294. The highest BCUT2D eigenvalue weighted by Crippen LogP contribution is 2.15. The van der Waals surface area contributed by atoms with Crippen molar-refractivity contribution < 1.29 is 0 Å². The number of hydrogen-bond donors (Lipinski definition) is 1. The van der Waals surface area contributed by atoms with Crippen molar-refractivity contribution in [1.29, 1.82) is 0 Å². The standard InChI is InChI=1S/C11H19N3S/c1-4-5-10(12)7-15-11-13-8(2)6-9(3)14-11/h6,10H,4-5,7,12H2,1-3H3. The molecule has 0 saturated heterocycles. The molecule has 84 valence electrons. The molecular formula is C11H19N3S. The SMILES string of the molecule is CCCC(N)CSc1nc(C)cc(C)n1. The van der Waals surface area contributed by atoms with Gasteiger partial charge in [-0.05, 0) is 26.3 Å². The van der Waals surface area contributed by atoms with Gasteiger partial charge in [0.15, 0.2) is 5.16 Å². The van der Waals surface area contributed by atoms with Gasteiger partial charge in [-0.2, -0.15) is 0 Å². The van der Waals surface area contributed by atoms with E-state index in [9.17, 15) is 0 Å². The Labute approximate surface area is 95.9 Å². The maximum absolute atomic E-state index is 5.93. The topological polar surface area (TPSA) is 51.8 Å². The molecular weight excluding hydrogens is 206 g/mol. The van der Waals surface area contributed by atoms with Gasteiger partial charge in [-0.15, -0.1) is 0 Å². The molecule has 2 N–H and O–H groups in total. The number of thioether (sulfide) groups is 1. The molecule has 1 atom stereocenters. The van der Waals surface area contributed by atoms with E-state index in [1.54, 1.807) is 11.8 Å². The summed E-state index contributed by atoms with van der Waals surface area (Å²) in [4.78, 5) is 8.72. The lowest BCUT2D eigenvalue weighted by atomic mass is 10.2. The Balaban J connectivity index is 2.50. The molecule has 0 fully saturated rings. The minimum Gasteiger partial charge on any atom is -0.327 e. The molecule has 0 saturated carbocycles. The number of aryl methyl sites for hydroxylation is 2. The Hall–Kier alpha value is -0.610. The second-order valence-corrected chi connectivity index (χ2v) is 4.78. The Morgan fingerprint density at radius 1 is 1.33 bits per heavy atom. The fourth-order valence-electron chi connectivity index (χ4n) is 1.39. The third-order valence-corrected chi connectivity index (χ3v) is 3.08. The average Bonchev–Trinajstić information content (AvgIpc) is 2.14. The summed E-state index contributed by atoms with van der Waals surface area (Å²) < 4.78 is 0. The zero-order valence-electron chi connectivity index (χ0n) is 9.66. The molecule has 0 aliphatic heterocycles. The van der Waals surface area contributed by atoms with Gasteiger partial charge in [-0.1, -0.05) is 25.1 Å². The Morgan fingerprint density at radius 2 is 1.93 bits per heavy atom. The van der Waals surface area contributed by atoms with E-state index in [4.69, 9.17) is 5.73 Å². The minimum atomic E-state index is 0.254. The summed E-state index contributed by atoms with van der Waals surface area (Å²) in [5.74, 6) is 0.900. The quantitative estimate of drug-likeness (QED) is 0.617. The summed E-state index contributed by atoms with van der Waals surface area (Å²) in [6.07, 6.45) is 2.20. The van der Waals surface area contributed by atoms with Gasteiger partial charge in [-0.3, -0.25) is 0 Å². The first-order chi connectivity index (χ1) is 7.11. The van der Waals surface area contributed by atoms with Gasteiger partial charge < -0.3 is 5.73 Å². The molecule has 0 aromatic carbocycles. The molecule has 1 heterocycles. The van der Waals surface area contributed by atoms with Crippen LogP contribution in [0, 0.1) is 13.8 Å². The van der Waals surface area contributed by atoms with Crippen molar-refractivity contribution in [2.45, 2.75) is 44.8 Å². The fourth-order valence-corrected chi connectivity index (χ4v) is 2.34. The number of aromatic nitrogens is 2. The van der Waals surface area contributed by atoms with E-state index in [1.165, 1.54) is 0 Å². The van der Waals surface area contributed by atoms with Crippen LogP contribution in [0.3, 0.4) is 0 Å². The van der Waals surface area contributed by atoms with Crippen molar-refractivity contribution in [2.75, 3.05) is 5.75 Å². The van der Waals surface area contributed by atoms with Crippen LogP contribution in [0.1, 0.15) is 31.2 Å². The first kappa shape index (κ1) is 12.5. The maximum atomic E-state index is 5.93. The van der Waals surface area contributed by atoms with Crippen molar-refractivity contribution >= 4 is 11.8 Å². The molecule has 0 radical (unpaired) electrons. The van der Waals surface area contributed by atoms with Gasteiger partial charge in [0.2, 0.25) is 0 Å². The van der Waals surface area contributed by atoms with Crippen molar-refractivity contribution in [3.8, 4) is 0 Å². The van der Waals surface area contributed by atoms with Crippen molar-refractivity contribution in [1.82, 2.24) is 9.97 Å². The summed E-state index contributed by atoms with van der Waals surface area (Å²) in [7, 11) is 0. The van der Waals surface area contributed by atoms with E-state index >= 15 is 0 Å². The summed E-state index contributed by atoms with van der Waals surface area (Å²) in [5.41, 5.74) is 7.98. The Kier molecular flexibility index (Phi) is 5.05. The molecule has 1 aromatic rings. The molecule has 1 rings (SSSR count). The van der Waals surface area contributed by atoms with Gasteiger partial charge in [-0.25, -0.2) is 9.97 Å². The first-order valence-corrected chi connectivity index (χ1v) is 6.31. The first-order valence-electron chi connectivity index (χ1n) is 5.32.